The molecule has 0 amide bonds. The van der Waals surface area contributed by atoms with Gasteiger partial charge in [-0.05, 0) is 33.0 Å². The lowest BCUT2D eigenvalue weighted by Crippen LogP contribution is -2.35. The Morgan fingerprint density at radius 3 is 2.78 bits per heavy atom. The van der Waals surface area contributed by atoms with Gasteiger partial charge in [0.2, 0.25) is 5.76 Å². The van der Waals surface area contributed by atoms with Gasteiger partial charge in [-0.3, -0.25) is 4.90 Å². The summed E-state index contributed by atoms with van der Waals surface area (Å²) >= 11 is 0. The van der Waals surface area contributed by atoms with Gasteiger partial charge in [-0.2, -0.15) is 0 Å². The van der Waals surface area contributed by atoms with Crippen molar-refractivity contribution in [1.82, 2.24) is 10.1 Å². The van der Waals surface area contributed by atoms with Crippen LogP contribution in [0.1, 0.15) is 19.5 Å². The summed E-state index contributed by atoms with van der Waals surface area (Å²) in [5, 5.41) is 13.7. The van der Waals surface area contributed by atoms with E-state index in [1.165, 1.54) is 0 Å². The maximum absolute atomic E-state index is 9.72. The molecule has 2 heterocycles. The average molecular weight is 250 g/mol. The molecule has 5 nitrogen and oxygen atoms in total. The van der Waals surface area contributed by atoms with Crippen LogP contribution < -0.4 is 0 Å². The number of furan rings is 1. The summed E-state index contributed by atoms with van der Waals surface area (Å²) in [5.41, 5.74) is 0.0932. The molecule has 2 aromatic heterocycles. The van der Waals surface area contributed by atoms with E-state index in [9.17, 15) is 5.11 Å². The summed E-state index contributed by atoms with van der Waals surface area (Å²) < 4.78 is 10.4. The highest BCUT2D eigenvalue weighted by atomic mass is 16.5. The molecular weight excluding hydrogens is 232 g/mol. The van der Waals surface area contributed by atoms with Crippen molar-refractivity contribution in [2.45, 2.75) is 26.0 Å². The number of hydrogen-bond acceptors (Lipinski definition) is 5. The maximum atomic E-state index is 9.72. The summed E-state index contributed by atoms with van der Waals surface area (Å²) in [4.78, 5) is 1.99. The summed E-state index contributed by atoms with van der Waals surface area (Å²) in [7, 11) is 1.93. The Morgan fingerprint density at radius 2 is 2.17 bits per heavy atom. The number of likely N-dealkylation sites (N-methyl/N-ethyl adjacent to an activating group) is 1. The summed E-state index contributed by atoms with van der Waals surface area (Å²) in [6.45, 7) is 4.74. The smallest absolute Gasteiger partial charge is 0.202 e. The van der Waals surface area contributed by atoms with Crippen LogP contribution in [0.15, 0.2) is 33.4 Å². The highest BCUT2D eigenvalue weighted by molar-refractivity contribution is 5.49. The molecule has 0 unspecified atom stereocenters. The standard InChI is InChI=1S/C13H18N2O3/c1-13(2,16)9-15(3)8-10-7-12(18-14-10)11-5-4-6-17-11/h4-7,16H,8-9H2,1-3H3. The Kier molecular flexibility index (Phi) is 3.54. The molecule has 2 rings (SSSR count). The lowest BCUT2D eigenvalue weighted by Gasteiger charge is -2.24. The average Bonchev–Trinajstić information content (AvgIpc) is 2.82. The van der Waals surface area contributed by atoms with E-state index >= 15 is 0 Å². The lowest BCUT2D eigenvalue weighted by molar-refractivity contribution is 0.0419. The van der Waals surface area contributed by atoms with Crippen molar-refractivity contribution in [3.05, 3.63) is 30.2 Å². The molecule has 5 heteroatoms. The largest absolute Gasteiger partial charge is 0.461 e. The van der Waals surface area contributed by atoms with Crippen molar-refractivity contribution in [2.24, 2.45) is 0 Å². The van der Waals surface area contributed by atoms with Crippen LogP contribution in [0, 0.1) is 0 Å². The van der Waals surface area contributed by atoms with Gasteiger partial charge in [0.1, 0.15) is 0 Å². The third kappa shape index (κ3) is 3.45. The fourth-order valence-electron chi connectivity index (χ4n) is 1.91. The van der Waals surface area contributed by atoms with Crippen molar-refractivity contribution in [3.8, 4) is 11.5 Å². The van der Waals surface area contributed by atoms with Crippen molar-refractivity contribution in [1.29, 1.82) is 0 Å². The van der Waals surface area contributed by atoms with Crippen molar-refractivity contribution in [2.75, 3.05) is 13.6 Å². The Bertz CT molecular complexity index is 483. The molecule has 18 heavy (non-hydrogen) atoms. The van der Waals surface area contributed by atoms with Gasteiger partial charge in [0.15, 0.2) is 5.76 Å². The minimum Gasteiger partial charge on any atom is -0.461 e. The molecule has 1 N–H and O–H groups in total. The van der Waals surface area contributed by atoms with E-state index < -0.39 is 5.60 Å². The first kappa shape index (κ1) is 12.9. The Morgan fingerprint density at radius 1 is 1.39 bits per heavy atom. The molecule has 0 saturated carbocycles. The fourth-order valence-corrected chi connectivity index (χ4v) is 1.91. The highest BCUT2D eigenvalue weighted by Gasteiger charge is 2.17. The Balaban J connectivity index is 1.99. The van der Waals surface area contributed by atoms with E-state index in [-0.39, 0.29) is 0 Å². The zero-order chi connectivity index (χ0) is 13.2. The van der Waals surface area contributed by atoms with Crippen LogP contribution >= 0.6 is 0 Å². The number of rotatable bonds is 5. The summed E-state index contributed by atoms with van der Waals surface area (Å²) in [6, 6.07) is 5.47. The quantitative estimate of drug-likeness (QED) is 0.880. The molecule has 98 valence electrons. The molecule has 0 aromatic carbocycles. The van der Waals surface area contributed by atoms with Crippen LogP contribution in [0.2, 0.25) is 0 Å². The molecule has 0 spiro atoms. The minimum atomic E-state index is -0.720. The predicted octanol–water partition coefficient (Wildman–Crippen LogP) is 2.14. The van der Waals surface area contributed by atoms with Gasteiger partial charge in [0.05, 0.1) is 17.6 Å². The van der Waals surface area contributed by atoms with E-state index in [1.54, 1.807) is 26.2 Å². The molecule has 2 aromatic rings. The second kappa shape index (κ2) is 4.96. The zero-order valence-corrected chi connectivity index (χ0v) is 10.9. The zero-order valence-electron chi connectivity index (χ0n) is 10.9. The summed E-state index contributed by atoms with van der Waals surface area (Å²) in [6.07, 6.45) is 1.60. The normalized spacial score (nSPS) is 12.3. The summed E-state index contributed by atoms with van der Waals surface area (Å²) in [5.74, 6) is 1.28. The van der Waals surface area contributed by atoms with Crippen molar-refractivity contribution >= 4 is 0 Å². The van der Waals surface area contributed by atoms with Gasteiger partial charge in [-0.15, -0.1) is 0 Å². The van der Waals surface area contributed by atoms with Gasteiger partial charge in [-0.1, -0.05) is 5.16 Å². The van der Waals surface area contributed by atoms with Crippen molar-refractivity contribution < 1.29 is 14.0 Å². The van der Waals surface area contributed by atoms with Gasteiger partial charge < -0.3 is 14.0 Å². The van der Waals surface area contributed by atoms with Gasteiger partial charge in [0.25, 0.3) is 0 Å². The van der Waals surface area contributed by atoms with Crippen LogP contribution in [-0.4, -0.2) is 34.4 Å². The number of aliphatic hydroxyl groups is 1. The van der Waals surface area contributed by atoms with Crippen LogP contribution in [0.25, 0.3) is 11.5 Å². The Hall–Kier alpha value is -1.59. The highest BCUT2D eigenvalue weighted by Crippen LogP contribution is 2.21. The minimum absolute atomic E-state index is 0.565. The monoisotopic (exact) mass is 250 g/mol. The van der Waals surface area contributed by atoms with Crippen LogP contribution in [-0.2, 0) is 6.54 Å². The van der Waals surface area contributed by atoms with Crippen molar-refractivity contribution in [3.63, 3.8) is 0 Å². The number of nitrogens with zero attached hydrogens (tertiary/aromatic N) is 2. The number of hydrogen-bond donors (Lipinski definition) is 1. The molecule has 0 aliphatic heterocycles. The van der Waals surface area contributed by atoms with Gasteiger partial charge >= 0.3 is 0 Å². The van der Waals surface area contributed by atoms with E-state index in [2.05, 4.69) is 5.16 Å². The lowest BCUT2D eigenvalue weighted by atomic mass is 10.1. The molecule has 0 aliphatic rings. The third-order valence-electron chi connectivity index (χ3n) is 2.41. The third-order valence-corrected chi connectivity index (χ3v) is 2.41. The number of aromatic nitrogens is 1. The molecule has 0 fully saturated rings. The van der Waals surface area contributed by atoms with E-state index in [4.69, 9.17) is 8.94 Å². The second-order valence-corrected chi connectivity index (χ2v) is 5.14. The Labute approximate surface area is 106 Å². The maximum Gasteiger partial charge on any atom is 0.202 e. The van der Waals surface area contributed by atoms with Gasteiger partial charge in [0, 0.05) is 19.2 Å². The topological polar surface area (TPSA) is 62.6 Å². The molecule has 0 atom stereocenters. The first-order chi connectivity index (χ1) is 8.44. The first-order valence-electron chi connectivity index (χ1n) is 5.84. The van der Waals surface area contributed by atoms with Gasteiger partial charge in [-0.25, -0.2) is 0 Å². The molecule has 0 bridgehead atoms. The molecule has 0 aliphatic carbocycles. The van der Waals surface area contributed by atoms with E-state index in [0.29, 0.717) is 24.6 Å². The van der Waals surface area contributed by atoms with Crippen LogP contribution in [0.5, 0.6) is 0 Å². The fraction of sp³-hybridized carbons (Fsp3) is 0.462. The second-order valence-electron chi connectivity index (χ2n) is 5.14. The van der Waals surface area contributed by atoms with E-state index in [0.717, 1.165) is 5.69 Å². The van der Waals surface area contributed by atoms with Crippen LogP contribution in [0.3, 0.4) is 0 Å². The molecule has 0 radical (unpaired) electrons. The van der Waals surface area contributed by atoms with E-state index in [1.807, 2.05) is 24.1 Å². The molecule has 0 saturated heterocycles. The predicted molar refractivity (Wildman–Crippen MR) is 66.8 cm³/mol. The first-order valence-corrected chi connectivity index (χ1v) is 5.84. The SMILES string of the molecule is CN(Cc1cc(-c2ccco2)on1)CC(C)(C)O. The van der Waals surface area contributed by atoms with Crippen LogP contribution in [0.4, 0.5) is 0 Å². The molecular formula is C13H18N2O3.